The molecule has 0 aliphatic heterocycles. The maximum Gasteiger partial charge on any atom is 0.450 e. The fourth-order valence-corrected chi connectivity index (χ4v) is 1.16. The van der Waals surface area contributed by atoms with Crippen LogP contribution in [0.2, 0.25) is 0 Å². The van der Waals surface area contributed by atoms with E-state index in [1.165, 1.54) is 13.8 Å². The Hall–Kier alpha value is -1.99. The van der Waals surface area contributed by atoms with Gasteiger partial charge in [-0.2, -0.15) is 13.2 Å². The molecule has 0 unspecified atom stereocenters. The first-order chi connectivity index (χ1) is 8.12. The standard InChI is InChI=1S/C10H10F3NO4/c1-4(2)17-9(16)6-3-5(8(14)15)7(18-6)10(11,12)13/h3-4H,1-2H3,(H2,14,15). The zero-order valence-electron chi connectivity index (χ0n) is 9.50. The van der Waals surface area contributed by atoms with Crippen LogP contribution in [-0.2, 0) is 10.9 Å². The predicted octanol–water partition coefficient (Wildman–Crippen LogP) is 1.96. The highest BCUT2D eigenvalue weighted by Crippen LogP contribution is 2.34. The minimum atomic E-state index is -4.92. The first-order valence-corrected chi connectivity index (χ1v) is 4.84. The van der Waals surface area contributed by atoms with Gasteiger partial charge in [-0.25, -0.2) is 4.79 Å². The van der Waals surface area contributed by atoms with Gasteiger partial charge in [0, 0.05) is 6.07 Å². The van der Waals surface area contributed by atoms with E-state index in [0.717, 1.165) is 0 Å². The van der Waals surface area contributed by atoms with Crippen molar-refractivity contribution in [3.63, 3.8) is 0 Å². The summed E-state index contributed by atoms with van der Waals surface area (Å²) in [4.78, 5) is 22.2. The average Bonchev–Trinajstić information content (AvgIpc) is 2.59. The Morgan fingerprint density at radius 1 is 1.39 bits per heavy atom. The number of halogens is 3. The molecule has 8 heteroatoms. The van der Waals surface area contributed by atoms with E-state index >= 15 is 0 Å². The normalized spacial score (nSPS) is 11.7. The molecule has 0 saturated heterocycles. The predicted molar refractivity (Wildman–Crippen MR) is 52.8 cm³/mol. The second-order valence-electron chi connectivity index (χ2n) is 3.67. The molecule has 18 heavy (non-hydrogen) atoms. The third kappa shape index (κ3) is 3.02. The van der Waals surface area contributed by atoms with Crippen molar-refractivity contribution in [2.24, 2.45) is 5.73 Å². The Kier molecular flexibility index (Phi) is 3.68. The summed E-state index contributed by atoms with van der Waals surface area (Å²) in [5, 5.41) is 0. The van der Waals surface area contributed by atoms with Gasteiger partial charge in [-0.3, -0.25) is 4.79 Å². The summed E-state index contributed by atoms with van der Waals surface area (Å²) in [7, 11) is 0. The summed E-state index contributed by atoms with van der Waals surface area (Å²) in [6, 6.07) is 0.621. The molecule has 0 aliphatic rings. The fourth-order valence-electron chi connectivity index (χ4n) is 1.16. The van der Waals surface area contributed by atoms with Crippen molar-refractivity contribution in [2.75, 3.05) is 0 Å². The molecule has 0 aliphatic carbocycles. The summed E-state index contributed by atoms with van der Waals surface area (Å²) in [6.07, 6.45) is -5.45. The van der Waals surface area contributed by atoms with Gasteiger partial charge in [0.1, 0.15) is 0 Å². The van der Waals surface area contributed by atoms with E-state index < -0.39 is 41.2 Å². The Bertz CT molecular complexity index is 476. The number of carbonyl (C=O) groups is 2. The van der Waals surface area contributed by atoms with Crippen molar-refractivity contribution in [2.45, 2.75) is 26.1 Å². The number of hydrogen-bond acceptors (Lipinski definition) is 4. The van der Waals surface area contributed by atoms with Gasteiger partial charge in [0.15, 0.2) is 0 Å². The molecule has 1 rings (SSSR count). The quantitative estimate of drug-likeness (QED) is 0.847. The lowest BCUT2D eigenvalue weighted by molar-refractivity contribution is -0.153. The van der Waals surface area contributed by atoms with Crippen LogP contribution in [0.3, 0.4) is 0 Å². The number of rotatable bonds is 3. The average molecular weight is 265 g/mol. The number of alkyl halides is 3. The van der Waals surface area contributed by atoms with E-state index in [1.54, 1.807) is 0 Å². The van der Waals surface area contributed by atoms with Gasteiger partial charge in [-0.15, -0.1) is 0 Å². The summed E-state index contributed by atoms with van der Waals surface area (Å²) in [6.45, 7) is 3.03. The van der Waals surface area contributed by atoms with Crippen LogP contribution in [0.1, 0.15) is 40.5 Å². The minimum Gasteiger partial charge on any atom is -0.457 e. The van der Waals surface area contributed by atoms with Crippen molar-refractivity contribution in [3.05, 3.63) is 23.2 Å². The number of primary amides is 1. The summed E-state index contributed by atoms with van der Waals surface area (Å²) in [5.41, 5.74) is 3.87. The SMILES string of the molecule is CC(C)OC(=O)c1cc(C(N)=O)c(C(F)(F)F)o1. The second kappa shape index (κ2) is 4.71. The van der Waals surface area contributed by atoms with Crippen molar-refractivity contribution in [1.29, 1.82) is 0 Å². The van der Waals surface area contributed by atoms with E-state index in [4.69, 9.17) is 5.73 Å². The molecular formula is C10H10F3NO4. The van der Waals surface area contributed by atoms with Crippen molar-refractivity contribution >= 4 is 11.9 Å². The topological polar surface area (TPSA) is 82.5 Å². The molecule has 5 nitrogen and oxygen atoms in total. The third-order valence-electron chi connectivity index (χ3n) is 1.80. The number of hydrogen-bond donors (Lipinski definition) is 1. The zero-order chi connectivity index (χ0) is 14.1. The molecule has 1 aromatic heterocycles. The van der Waals surface area contributed by atoms with Gasteiger partial charge in [0.25, 0.3) is 5.91 Å². The van der Waals surface area contributed by atoms with Gasteiger partial charge in [0.05, 0.1) is 11.7 Å². The first kappa shape index (κ1) is 14.1. The van der Waals surface area contributed by atoms with Gasteiger partial charge < -0.3 is 14.9 Å². The maximum absolute atomic E-state index is 12.5. The molecule has 0 radical (unpaired) electrons. The Morgan fingerprint density at radius 2 is 1.94 bits per heavy atom. The lowest BCUT2D eigenvalue weighted by Gasteiger charge is -2.05. The highest BCUT2D eigenvalue weighted by molar-refractivity contribution is 5.97. The molecule has 1 aromatic rings. The fraction of sp³-hybridized carbons (Fsp3) is 0.400. The van der Waals surface area contributed by atoms with Crippen LogP contribution in [-0.4, -0.2) is 18.0 Å². The highest BCUT2D eigenvalue weighted by atomic mass is 19.4. The molecule has 0 atom stereocenters. The van der Waals surface area contributed by atoms with Crippen LogP contribution < -0.4 is 5.73 Å². The monoisotopic (exact) mass is 265 g/mol. The number of ether oxygens (including phenoxy) is 1. The Morgan fingerprint density at radius 3 is 2.28 bits per heavy atom. The molecule has 0 fully saturated rings. The molecule has 1 heterocycles. The van der Waals surface area contributed by atoms with Crippen LogP contribution in [0.4, 0.5) is 13.2 Å². The van der Waals surface area contributed by atoms with E-state index in [-0.39, 0.29) is 0 Å². The van der Waals surface area contributed by atoms with Crippen LogP contribution >= 0.6 is 0 Å². The Labute approximate surface area is 99.7 Å². The van der Waals surface area contributed by atoms with E-state index in [2.05, 4.69) is 9.15 Å². The summed E-state index contributed by atoms with van der Waals surface area (Å²) >= 11 is 0. The largest absolute Gasteiger partial charge is 0.457 e. The van der Waals surface area contributed by atoms with Gasteiger partial charge >= 0.3 is 12.1 Å². The van der Waals surface area contributed by atoms with Crippen LogP contribution in [0.15, 0.2) is 10.5 Å². The maximum atomic E-state index is 12.5. The smallest absolute Gasteiger partial charge is 0.450 e. The van der Waals surface area contributed by atoms with Crippen molar-refractivity contribution < 1.29 is 31.9 Å². The lowest BCUT2D eigenvalue weighted by Crippen LogP contribution is -2.16. The minimum absolute atomic E-state index is 0.533. The molecule has 0 bridgehead atoms. The number of esters is 1. The molecular weight excluding hydrogens is 255 g/mol. The summed E-state index contributed by atoms with van der Waals surface area (Å²) in [5.74, 6) is -4.76. The van der Waals surface area contributed by atoms with Crippen LogP contribution in [0.5, 0.6) is 0 Å². The van der Waals surface area contributed by atoms with Crippen LogP contribution in [0, 0.1) is 0 Å². The highest BCUT2D eigenvalue weighted by Gasteiger charge is 2.41. The van der Waals surface area contributed by atoms with Crippen molar-refractivity contribution in [1.82, 2.24) is 0 Å². The van der Waals surface area contributed by atoms with Crippen molar-refractivity contribution in [3.8, 4) is 0 Å². The number of carbonyl (C=O) groups excluding carboxylic acids is 2. The molecule has 0 saturated carbocycles. The lowest BCUT2D eigenvalue weighted by atomic mass is 10.2. The summed E-state index contributed by atoms with van der Waals surface area (Å²) < 4.78 is 46.4. The van der Waals surface area contributed by atoms with Gasteiger partial charge in [-0.05, 0) is 13.8 Å². The molecule has 0 spiro atoms. The third-order valence-corrected chi connectivity index (χ3v) is 1.80. The molecule has 1 amide bonds. The van der Waals surface area contributed by atoms with Gasteiger partial charge in [-0.1, -0.05) is 0 Å². The number of amides is 1. The second-order valence-corrected chi connectivity index (χ2v) is 3.67. The van der Waals surface area contributed by atoms with Gasteiger partial charge in [0.2, 0.25) is 11.5 Å². The number of nitrogens with two attached hydrogens (primary N) is 1. The molecule has 2 N–H and O–H groups in total. The van der Waals surface area contributed by atoms with E-state index in [0.29, 0.717) is 6.07 Å². The Balaban J connectivity index is 3.19. The zero-order valence-corrected chi connectivity index (χ0v) is 9.50. The van der Waals surface area contributed by atoms with E-state index in [9.17, 15) is 22.8 Å². The number of furan rings is 1. The first-order valence-electron chi connectivity index (χ1n) is 4.84. The molecule has 0 aromatic carbocycles. The molecule has 100 valence electrons. The van der Waals surface area contributed by atoms with E-state index in [1.807, 2.05) is 0 Å². The van der Waals surface area contributed by atoms with Crippen LogP contribution in [0.25, 0.3) is 0 Å².